The number of carbonyl (C=O) groups excluding carboxylic acids is 1. The van der Waals surface area contributed by atoms with Gasteiger partial charge in [-0.25, -0.2) is 4.98 Å². The summed E-state index contributed by atoms with van der Waals surface area (Å²) in [6.07, 6.45) is 6.07. The molecule has 1 aromatic heterocycles. The molecule has 0 amide bonds. The van der Waals surface area contributed by atoms with Crippen LogP contribution in [0.4, 0.5) is 0 Å². The Morgan fingerprint density at radius 1 is 0.879 bits per heavy atom. The van der Waals surface area contributed by atoms with Crippen LogP contribution in [0.1, 0.15) is 51.4 Å². The first-order chi connectivity index (χ1) is 16.1. The summed E-state index contributed by atoms with van der Waals surface area (Å²) in [5.41, 5.74) is 4.03. The zero-order valence-electron chi connectivity index (χ0n) is 19.3. The van der Waals surface area contributed by atoms with Crippen LogP contribution in [-0.2, 0) is 20.9 Å². The average Bonchev–Trinajstić information content (AvgIpc) is 2.82. The lowest BCUT2D eigenvalue weighted by molar-refractivity contribution is -0.646. The predicted octanol–water partition coefficient (Wildman–Crippen LogP) is 4.48. The molecule has 1 heterocycles. The highest BCUT2D eigenvalue weighted by molar-refractivity contribution is 5.85. The van der Waals surface area contributed by atoms with E-state index in [1.54, 1.807) is 7.11 Å². The fourth-order valence-electron chi connectivity index (χ4n) is 3.98. The minimum Gasteiger partial charge on any atom is -0.494 e. The molecule has 2 aromatic carbocycles. The molecule has 0 atom stereocenters. The second-order valence-electron chi connectivity index (χ2n) is 8.14. The zero-order valence-corrected chi connectivity index (χ0v) is 19.3. The van der Waals surface area contributed by atoms with Crippen molar-refractivity contribution >= 4 is 33.8 Å². The lowest BCUT2D eigenvalue weighted by Crippen LogP contribution is -2.36. The number of methoxy groups -OCH3 is 1. The Morgan fingerprint density at radius 2 is 1.61 bits per heavy atom. The van der Waals surface area contributed by atoms with E-state index >= 15 is 0 Å². The van der Waals surface area contributed by atoms with E-state index in [1.807, 2.05) is 30.3 Å². The molecule has 0 aliphatic rings. The number of ketones is 1. The van der Waals surface area contributed by atoms with Crippen molar-refractivity contribution in [2.24, 2.45) is 0 Å². The van der Waals surface area contributed by atoms with E-state index in [0.717, 1.165) is 66.5 Å². The van der Waals surface area contributed by atoms with Crippen molar-refractivity contribution in [3.8, 4) is 5.75 Å². The van der Waals surface area contributed by atoms with Gasteiger partial charge in [0.1, 0.15) is 17.8 Å². The van der Waals surface area contributed by atoms with Gasteiger partial charge in [0.25, 0.3) is 0 Å². The molecule has 0 unspecified atom stereocenters. The van der Waals surface area contributed by atoms with Gasteiger partial charge in [0.2, 0.25) is 11.0 Å². The molecule has 3 rings (SSSR count). The Balaban J connectivity index is 1.43. The highest BCUT2D eigenvalue weighted by atomic mass is 16.5. The molecule has 0 spiro atoms. The van der Waals surface area contributed by atoms with Gasteiger partial charge >= 0.3 is 5.97 Å². The Labute approximate surface area is 194 Å². The molecule has 0 saturated heterocycles. The molecule has 0 aliphatic heterocycles. The second-order valence-corrected chi connectivity index (χ2v) is 8.14. The van der Waals surface area contributed by atoms with Crippen LogP contribution < -0.4 is 9.30 Å². The topological polar surface area (TPSA) is 89.6 Å². The van der Waals surface area contributed by atoms with Crippen molar-refractivity contribution in [2.75, 3.05) is 20.3 Å². The maximum absolute atomic E-state index is 11.9. The summed E-state index contributed by atoms with van der Waals surface area (Å²) >= 11 is 0. The van der Waals surface area contributed by atoms with Crippen LogP contribution in [0.25, 0.3) is 22.1 Å². The third kappa shape index (κ3) is 7.22. The number of carboxylic acid groups (broad SMARTS) is 1. The molecular weight excluding hydrogens is 420 g/mol. The van der Waals surface area contributed by atoms with Crippen LogP contribution in [0, 0.1) is 0 Å². The molecule has 0 radical (unpaired) electrons. The molecule has 3 aromatic rings. The molecule has 0 aliphatic carbocycles. The van der Waals surface area contributed by atoms with Gasteiger partial charge in [0.05, 0.1) is 26.7 Å². The average molecular weight is 454 g/mol. The number of para-hydroxylation sites is 3. The van der Waals surface area contributed by atoms with Gasteiger partial charge in [-0.05, 0) is 25.0 Å². The molecule has 0 fully saturated rings. The number of aromatic nitrogens is 2. The number of aryl methyl sites for hydroxylation is 1. The van der Waals surface area contributed by atoms with Gasteiger partial charge in [-0.2, -0.15) is 4.57 Å². The van der Waals surface area contributed by atoms with Crippen LogP contribution >= 0.6 is 0 Å². The van der Waals surface area contributed by atoms with Crippen molar-refractivity contribution in [2.45, 2.75) is 57.9 Å². The second kappa shape index (κ2) is 12.8. The highest BCUT2D eigenvalue weighted by Gasteiger charge is 2.18. The van der Waals surface area contributed by atoms with E-state index in [0.29, 0.717) is 19.4 Å². The van der Waals surface area contributed by atoms with Gasteiger partial charge in [-0.3, -0.25) is 9.59 Å². The maximum atomic E-state index is 11.9. The number of aliphatic carboxylic acids is 1. The van der Waals surface area contributed by atoms with Crippen molar-refractivity contribution < 1.29 is 28.7 Å². The Bertz CT molecular complexity index is 1080. The summed E-state index contributed by atoms with van der Waals surface area (Å²) < 4.78 is 13.0. The van der Waals surface area contributed by atoms with Crippen LogP contribution in [0.15, 0.2) is 42.5 Å². The number of fused-ring (bicyclic) bond motifs is 2. The molecule has 176 valence electrons. The first-order valence-electron chi connectivity index (χ1n) is 11.7. The van der Waals surface area contributed by atoms with E-state index in [4.69, 9.17) is 19.6 Å². The highest BCUT2D eigenvalue weighted by Crippen LogP contribution is 2.23. The number of hydrogen-bond donors (Lipinski definition) is 1. The van der Waals surface area contributed by atoms with Gasteiger partial charge in [0, 0.05) is 31.4 Å². The SMILES string of the molecule is COc1cccc2c1nc1ccccc1[n+]2CCCCCCCC(=O)CCOCCC(=O)O. The summed E-state index contributed by atoms with van der Waals surface area (Å²) in [7, 11) is 1.67. The number of carboxylic acids is 1. The number of carbonyl (C=O) groups is 2. The van der Waals surface area contributed by atoms with Crippen LogP contribution in [-0.4, -0.2) is 42.2 Å². The number of benzene rings is 2. The smallest absolute Gasteiger partial charge is 0.305 e. The van der Waals surface area contributed by atoms with Gasteiger partial charge in [0.15, 0.2) is 11.3 Å². The quantitative estimate of drug-likeness (QED) is 0.207. The Hall–Kier alpha value is -3.06. The summed E-state index contributed by atoms with van der Waals surface area (Å²) in [5.74, 6) is 0.0817. The number of unbranched alkanes of at least 4 members (excludes halogenated alkanes) is 4. The van der Waals surface area contributed by atoms with Crippen LogP contribution in [0.5, 0.6) is 5.75 Å². The summed E-state index contributed by atoms with van der Waals surface area (Å²) in [5, 5.41) is 8.55. The summed E-state index contributed by atoms with van der Waals surface area (Å²) in [6, 6.07) is 14.2. The van der Waals surface area contributed by atoms with E-state index in [-0.39, 0.29) is 18.8 Å². The minimum atomic E-state index is -0.884. The third-order valence-corrected chi connectivity index (χ3v) is 5.72. The maximum Gasteiger partial charge on any atom is 0.305 e. The molecule has 0 bridgehead atoms. The lowest BCUT2D eigenvalue weighted by atomic mass is 10.1. The van der Waals surface area contributed by atoms with Crippen molar-refractivity contribution in [1.29, 1.82) is 0 Å². The minimum absolute atomic E-state index is 0.0227. The zero-order chi connectivity index (χ0) is 23.5. The van der Waals surface area contributed by atoms with E-state index in [9.17, 15) is 9.59 Å². The van der Waals surface area contributed by atoms with E-state index in [1.165, 1.54) is 0 Å². The fraction of sp³-hybridized carbons (Fsp3) is 0.462. The first-order valence-corrected chi connectivity index (χ1v) is 11.7. The largest absolute Gasteiger partial charge is 0.494 e. The first kappa shape index (κ1) is 24.6. The molecule has 33 heavy (non-hydrogen) atoms. The molecule has 1 N–H and O–H groups in total. The van der Waals surface area contributed by atoms with E-state index in [2.05, 4.69) is 16.7 Å². The Kier molecular flexibility index (Phi) is 9.57. The number of Topliss-reactive ketones (excluding diaryl/α,β-unsaturated/α-hetero) is 1. The standard InChI is InChI=1S/C26H32N2O5/c1-32-24-14-9-13-23-26(24)27-21-11-6-7-12-22(21)28(23)17-8-4-2-3-5-10-20(29)15-18-33-19-16-25(30)31/h6-7,9,11-14H,2-5,8,10,15-19H2,1H3/p+1. The number of rotatable bonds is 15. The number of ether oxygens (including phenoxy) is 2. The summed E-state index contributed by atoms with van der Waals surface area (Å²) in [6.45, 7) is 1.37. The Morgan fingerprint density at radius 3 is 2.42 bits per heavy atom. The predicted molar refractivity (Wildman–Crippen MR) is 126 cm³/mol. The van der Waals surface area contributed by atoms with Crippen LogP contribution in [0.3, 0.4) is 0 Å². The molecule has 7 heteroatoms. The van der Waals surface area contributed by atoms with Crippen molar-refractivity contribution in [3.63, 3.8) is 0 Å². The lowest BCUT2D eigenvalue weighted by Gasteiger charge is -2.08. The fourth-order valence-corrected chi connectivity index (χ4v) is 3.98. The van der Waals surface area contributed by atoms with Crippen molar-refractivity contribution in [1.82, 2.24) is 4.98 Å². The molecule has 0 saturated carbocycles. The van der Waals surface area contributed by atoms with Crippen molar-refractivity contribution in [3.05, 3.63) is 42.5 Å². The van der Waals surface area contributed by atoms with Crippen LogP contribution in [0.2, 0.25) is 0 Å². The van der Waals surface area contributed by atoms with Gasteiger partial charge in [-0.15, -0.1) is 0 Å². The number of nitrogens with zero attached hydrogens (tertiary/aromatic N) is 2. The van der Waals surface area contributed by atoms with Gasteiger partial charge in [-0.1, -0.05) is 31.0 Å². The number of hydrogen-bond acceptors (Lipinski definition) is 5. The van der Waals surface area contributed by atoms with Gasteiger partial charge < -0.3 is 14.6 Å². The normalized spacial score (nSPS) is 11.2. The van der Waals surface area contributed by atoms with E-state index < -0.39 is 5.97 Å². The third-order valence-electron chi connectivity index (χ3n) is 5.72. The molecular formula is C26H33N2O5+. The summed E-state index contributed by atoms with van der Waals surface area (Å²) in [4.78, 5) is 27.1. The molecule has 7 nitrogen and oxygen atoms in total. The monoisotopic (exact) mass is 453 g/mol.